The lowest BCUT2D eigenvalue weighted by Crippen LogP contribution is -2.20. The summed E-state index contributed by atoms with van der Waals surface area (Å²) in [5.74, 6) is 0. The van der Waals surface area contributed by atoms with E-state index in [9.17, 15) is 18.0 Å². The predicted molar refractivity (Wildman–Crippen MR) is 66.2 cm³/mol. The van der Waals surface area contributed by atoms with E-state index in [2.05, 4.69) is 0 Å². The van der Waals surface area contributed by atoms with Crippen LogP contribution in [0.5, 0.6) is 0 Å². The van der Waals surface area contributed by atoms with Crippen LogP contribution in [0.15, 0.2) is 41.2 Å². The van der Waals surface area contributed by atoms with Gasteiger partial charge in [-0.2, -0.15) is 13.2 Å². The van der Waals surface area contributed by atoms with Crippen LogP contribution in [0, 0.1) is 6.92 Å². The largest absolute Gasteiger partial charge is 0.416 e. The molecule has 0 spiro atoms. The lowest BCUT2D eigenvalue weighted by Gasteiger charge is -2.13. The summed E-state index contributed by atoms with van der Waals surface area (Å²) in [4.78, 5) is 11.8. The van der Waals surface area contributed by atoms with Gasteiger partial charge in [0.15, 0.2) is 0 Å². The van der Waals surface area contributed by atoms with Gasteiger partial charge < -0.3 is 5.73 Å². The lowest BCUT2D eigenvalue weighted by atomic mass is 10.2. The first-order valence-corrected chi connectivity index (χ1v) is 5.46. The van der Waals surface area contributed by atoms with E-state index in [0.29, 0.717) is 5.69 Å². The molecule has 0 aliphatic heterocycles. The van der Waals surface area contributed by atoms with E-state index in [0.717, 1.165) is 12.1 Å². The van der Waals surface area contributed by atoms with E-state index >= 15 is 0 Å². The number of hydrogen-bond donors (Lipinski definition) is 1. The molecule has 0 saturated heterocycles. The molecule has 0 atom stereocenters. The Morgan fingerprint density at radius 1 is 1.16 bits per heavy atom. The number of benzene rings is 1. The van der Waals surface area contributed by atoms with E-state index in [1.54, 1.807) is 6.92 Å². The van der Waals surface area contributed by atoms with Gasteiger partial charge in [-0.1, -0.05) is 6.07 Å². The predicted octanol–water partition coefficient (Wildman–Crippen LogP) is 2.75. The van der Waals surface area contributed by atoms with Crippen LogP contribution in [-0.4, -0.2) is 4.57 Å². The Bertz CT molecular complexity index is 674. The Morgan fingerprint density at radius 2 is 1.84 bits per heavy atom. The molecule has 0 saturated carbocycles. The van der Waals surface area contributed by atoms with E-state index in [1.807, 2.05) is 0 Å². The van der Waals surface area contributed by atoms with Crippen molar-refractivity contribution in [3.8, 4) is 5.69 Å². The Kier molecular flexibility index (Phi) is 3.09. The van der Waals surface area contributed by atoms with Gasteiger partial charge in [-0.3, -0.25) is 9.36 Å². The molecule has 100 valence electrons. The molecule has 6 heteroatoms. The normalized spacial score (nSPS) is 11.6. The molecule has 0 bridgehead atoms. The fourth-order valence-corrected chi connectivity index (χ4v) is 1.88. The zero-order valence-electron chi connectivity index (χ0n) is 10.0. The van der Waals surface area contributed by atoms with Crippen molar-refractivity contribution < 1.29 is 13.2 Å². The minimum absolute atomic E-state index is 0.164. The molecule has 0 radical (unpaired) electrons. The van der Waals surface area contributed by atoms with Crippen LogP contribution in [-0.2, 0) is 6.18 Å². The number of hydrogen-bond acceptors (Lipinski definition) is 2. The second-order valence-corrected chi connectivity index (χ2v) is 4.15. The number of nitrogens with two attached hydrogens (primary N) is 1. The van der Waals surface area contributed by atoms with E-state index in [4.69, 9.17) is 5.73 Å². The molecule has 0 fully saturated rings. The Hall–Kier alpha value is -2.24. The molecule has 0 aliphatic carbocycles. The highest BCUT2D eigenvalue weighted by atomic mass is 19.4. The number of pyridine rings is 1. The van der Waals surface area contributed by atoms with E-state index in [-0.39, 0.29) is 11.4 Å². The van der Waals surface area contributed by atoms with Gasteiger partial charge in [0.1, 0.15) is 0 Å². The summed E-state index contributed by atoms with van der Waals surface area (Å²) in [5, 5.41) is 0. The van der Waals surface area contributed by atoms with Crippen molar-refractivity contribution in [2.24, 2.45) is 0 Å². The van der Waals surface area contributed by atoms with Gasteiger partial charge in [0.2, 0.25) is 0 Å². The summed E-state index contributed by atoms with van der Waals surface area (Å²) < 4.78 is 39.1. The zero-order valence-corrected chi connectivity index (χ0v) is 10.0. The van der Waals surface area contributed by atoms with Crippen LogP contribution in [0.25, 0.3) is 5.69 Å². The highest BCUT2D eigenvalue weighted by molar-refractivity contribution is 5.44. The Morgan fingerprint density at radius 3 is 2.42 bits per heavy atom. The van der Waals surface area contributed by atoms with Crippen LogP contribution in [0.2, 0.25) is 0 Å². The lowest BCUT2D eigenvalue weighted by molar-refractivity contribution is -0.137. The number of nitrogens with zero attached hydrogens (tertiary/aromatic N) is 1. The fraction of sp³-hybridized carbons (Fsp3) is 0.154. The third-order valence-electron chi connectivity index (χ3n) is 2.67. The molecule has 19 heavy (non-hydrogen) atoms. The van der Waals surface area contributed by atoms with Gasteiger partial charge in [0, 0.05) is 23.1 Å². The maximum absolute atomic E-state index is 12.6. The molecule has 2 aromatic rings. The summed E-state index contributed by atoms with van der Waals surface area (Å²) in [6, 6.07) is 7.31. The van der Waals surface area contributed by atoms with Gasteiger partial charge in [0.25, 0.3) is 5.56 Å². The van der Waals surface area contributed by atoms with Crippen molar-refractivity contribution in [2.45, 2.75) is 13.1 Å². The summed E-state index contributed by atoms with van der Waals surface area (Å²) in [5.41, 5.74) is 5.18. The van der Waals surface area contributed by atoms with Crippen LogP contribution in [0.1, 0.15) is 11.3 Å². The van der Waals surface area contributed by atoms with Gasteiger partial charge in [-0.05, 0) is 31.2 Å². The molecule has 1 heterocycles. The highest BCUT2D eigenvalue weighted by Crippen LogP contribution is 2.30. The zero-order chi connectivity index (χ0) is 14.2. The van der Waals surface area contributed by atoms with Crippen LogP contribution >= 0.6 is 0 Å². The second kappa shape index (κ2) is 4.46. The molecule has 0 unspecified atom stereocenters. The fourth-order valence-electron chi connectivity index (χ4n) is 1.88. The number of anilines is 1. The van der Waals surface area contributed by atoms with Crippen molar-refractivity contribution in [2.75, 3.05) is 5.73 Å². The van der Waals surface area contributed by atoms with Crippen LogP contribution in [0.4, 0.5) is 18.9 Å². The van der Waals surface area contributed by atoms with Gasteiger partial charge in [-0.15, -0.1) is 0 Å². The SMILES string of the molecule is Cc1cc(N)cc(=O)n1-c1cccc(C(F)(F)F)c1. The first-order valence-electron chi connectivity index (χ1n) is 5.46. The molecule has 2 rings (SSSR count). The third-order valence-corrected chi connectivity index (χ3v) is 2.67. The summed E-state index contributed by atoms with van der Waals surface area (Å²) in [6.45, 7) is 1.61. The number of aryl methyl sites for hydroxylation is 1. The quantitative estimate of drug-likeness (QED) is 0.864. The third kappa shape index (κ3) is 2.62. The number of rotatable bonds is 1. The second-order valence-electron chi connectivity index (χ2n) is 4.15. The molecular formula is C13H11F3N2O. The van der Waals surface area contributed by atoms with Crippen molar-refractivity contribution in [1.29, 1.82) is 0 Å². The van der Waals surface area contributed by atoms with Crippen molar-refractivity contribution in [3.63, 3.8) is 0 Å². The minimum atomic E-state index is -4.44. The average Bonchev–Trinajstić information content (AvgIpc) is 2.26. The number of nitrogen functional groups attached to an aromatic ring is 1. The molecule has 3 nitrogen and oxygen atoms in total. The standard InChI is InChI=1S/C13H11F3N2O/c1-8-5-10(17)7-12(19)18(8)11-4-2-3-9(6-11)13(14,15)16/h2-7H,17H2,1H3. The minimum Gasteiger partial charge on any atom is -0.399 e. The van der Waals surface area contributed by atoms with Crippen molar-refractivity contribution in [3.05, 3.63) is 58.0 Å². The molecular weight excluding hydrogens is 257 g/mol. The van der Waals surface area contributed by atoms with Gasteiger partial charge in [0.05, 0.1) is 5.56 Å². The summed E-state index contributed by atoms with van der Waals surface area (Å²) in [7, 11) is 0. The van der Waals surface area contributed by atoms with Crippen LogP contribution < -0.4 is 11.3 Å². The average molecular weight is 268 g/mol. The topological polar surface area (TPSA) is 48.0 Å². The Labute approximate surface area is 107 Å². The molecule has 1 aromatic carbocycles. The molecule has 1 aromatic heterocycles. The van der Waals surface area contributed by atoms with Gasteiger partial charge in [-0.25, -0.2) is 0 Å². The Balaban J connectivity index is 2.64. The number of alkyl halides is 3. The first-order chi connectivity index (χ1) is 8.79. The maximum atomic E-state index is 12.6. The van der Waals surface area contributed by atoms with E-state index < -0.39 is 17.3 Å². The molecule has 0 amide bonds. The molecule has 0 aliphatic rings. The monoisotopic (exact) mass is 268 g/mol. The van der Waals surface area contributed by atoms with Gasteiger partial charge >= 0.3 is 6.18 Å². The maximum Gasteiger partial charge on any atom is 0.416 e. The van der Waals surface area contributed by atoms with Crippen LogP contribution in [0.3, 0.4) is 0 Å². The summed E-state index contributed by atoms with van der Waals surface area (Å²) >= 11 is 0. The van der Waals surface area contributed by atoms with E-state index in [1.165, 1.54) is 28.8 Å². The number of halogens is 3. The number of aromatic nitrogens is 1. The highest BCUT2D eigenvalue weighted by Gasteiger charge is 2.30. The smallest absolute Gasteiger partial charge is 0.399 e. The molecule has 2 N–H and O–H groups in total. The van der Waals surface area contributed by atoms with Crippen molar-refractivity contribution >= 4 is 5.69 Å². The first kappa shape index (κ1) is 13.2. The van der Waals surface area contributed by atoms with Crippen molar-refractivity contribution in [1.82, 2.24) is 4.57 Å². The summed E-state index contributed by atoms with van der Waals surface area (Å²) in [6.07, 6.45) is -4.44.